The number of pyridine rings is 2. The van der Waals surface area contributed by atoms with Crippen molar-refractivity contribution in [2.75, 3.05) is 25.1 Å². The predicted molar refractivity (Wildman–Crippen MR) is 132 cm³/mol. The van der Waals surface area contributed by atoms with Crippen LogP contribution in [0.4, 0.5) is 18.9 Å². The number of anilines is 1. The van der Waals surface area contributed by atoms with E-state index in [9.17, 15) is 18.0 Å². The molecule has 2 aromatic heterocycles. The summed E-state index contributed by atoms with van der Waals surface area (Å²) in [5, 5.41) is 2.85. The Morgan fingerprint density at radius 1 is 1.16 bits per heavy atom. The maximum Gasteiger partial charge on any atom is 0.433 e. The van der Waals surface area contributed by atoms with Gasteiger partial charge in [0.1, 0.15) is 17.5 Å². The molecule has 1 N–H and O–H groups in total. The van der Waals surface area contributed by atoms with Gasteiger partial charge < -0.3 is 19.5 Å². The van der Waals surface area contributed by atoms with E-state index in [1.807, 2.05) is 6.92 Å². The van der Waals surface area contributed by atoms with Gasteiger partial charge in [-0.25, -0.2) is 4.98 Å². The van der Waals surface area contributed by atoms with E-state index in [0.29, 0.717) is 36.4 Å². The van der Waals surface area contributed by atoms with Crippen LogP contribution in [0.5, 0.6) is 5.88 Å². The fourth-order valence-corrected chi connectivity index (χ4v) is 4.01. The van der Waals surface area contributed by atoms with Crippen molar-refractivity contribution in [2.45, 2.75) is 38.7 Å². The van der Waals surface area contributed by atoms with Crippen LogP contribution in [-0.2, 0) is 15.7 Å². The second-order valence-electron chi connectivity index (χ2n) is 8.44. The molecule has 0 bridgehead atoms. The third kappa shape index (κ3) is 7.41. The van der Waals surface area contributed by atoms with Crippen LogP contribution < -0.4 is 10.1 Å². The number of amides is 1. The van der Waals surface area contributed by atoms with Gasteiger partial charge in [0.15, 0.2) is 6.29 Å². The second-order valence-corrected chi connectivity index (χ2v) is 8.83. The monoisotopic (exact) mass is 535 g/mol. The number of hydrogen-bond donors (Lipinski definition) is 1. The summed E-state index contributed by atoms with van der Waals surface area (Å²) in [6.45, 7) is 3.17. The van der Waals surface area contributed by atoms with Gasteiger partial charge in [-0.1, -0.05) is 17.7 Å². The number of ether oxygens (including phenoxy) is 3. The lowest BCUT2D eigenvalue weighted by molar-refractivity contribution is -0.165. The fraction of sp³-hybridized carbons (Fsp3) is 0.346. The molecule has 0 spiro atoms. The number of carbonyl (C=O) groups excluding carboxylic acids is 1. The number of nitrogens with zero attached hydrogens (tertiary/aromatic N) is 2. The van der Waals surface area contributed by atoms with Crippen molar-refractivity contribution in [3.63, 3.8) is 0 Å². The van der Waals surface area contributed by atoms with Crippen LogP contribution in [0.15, 0.2) is 48.7 Å². The number of halogens is 4. The van der Waals surface area contributed by atoms with Crippen LogP contribution in [0.2, 0.25) is 5.15 Å². The Balaban J connectivity index is 1.45. The molecule has 4 rings (SSSR count). The summed E-state index contributed by atoms with van der Waals surface area (Å²) in [6.07, 6.45) is -0.946. The second kappa shape index (κ2) is 11.9. The predicted octanol–water partition coefficient (Wildman–Crippen LogP) is 6.30. The number of aromatic nitrogens is 2. The lowest BCUT2D eigenvalue weighted by Crippen LogP contribution is -2.24. The molecule has 1 atom stereocenters. The van der Waals surface area contributed by atoms with Gasteiger partial charge in [-0.15, -0.1) is 0 Å². The van der Waals surface area contributed by atoms with E-state index in [0.717, 1.165) is 36.6 Å². The summed E-state index contributed by atoms with van der Waals surface area (Å²) >= 11 is 6.23. The summed E-state index contributed by atoms with van der Waals surface area (Å²) in [5.41, 5.74) is 1.42. The number of hydrogen-bond acceptors (Lipinski definition) is 6. The Kier molecular flexibility index (Phi) is 8.63. The van der Waals surface area contributed by atoms with E-state index in [1.165, 1.54) is 6.07 Å². The third-order valence-corrected chi connectivity index (χ3v) is 5.86. The molecule has 1 aliphatic rings. The van der Waals surface area contributed by atoms with Crippen molar-refractivity contribution >= 4 is 23.2 Å². The number of nitrogens with one attached hydrogen (secondary N) is 1. The minimum atomic E-state index is -4.65. The van der Waals surface area contributed by atoms with Crippen molar-refractivity contribution in [3.05, 3.63) is 70.6 Å². The normalized spacial score (nSPS) is 15.9. The van der Waals surface area contributed by atoms with Crippen LogP contribution in [-0.4, -0.2) is 42.0 Å². The number of rotatable bonds is 8. The molecule has 0 saturated carbocycles. The zero-order valence-corrected chi connectivity index (χ0v) is 20.7. The Hall–Kier alpha value is -3.21. The first-order valence-electron chi connectivity index (χ1n) is 11.7. The largest absolute Gasteiger partial charge is 0.475 e. The number of alkyl halides is 3. The first kappa shape index (κ1) is 26.8. The Morgan fingerprint density at radius 2 is 2.00 bits per heavy atom. The lowest BCUT2D eigenvalue weighted by atomic mass is 10.0. The molecule has 37 heavy (non-hydrogen) atoms. The summed E-state index contributed by atoms with van der Waals surface area (Å²) in [6, 6.07) is 10.5. The first-order chi connectivity index (χ1) is 17.7. The molecule has 3 aromatic rings. The van der Waals surface area contributed by atoms with E-state index < -0.39 is 17.8 Å². The molecule has 1 fully saturated rings. The number of aryl methyl sites for hydroxylation is 1. The highest BCUT2D eigenvalue weighted by molar-refractivity contribution is 6.29. The molecule has 1 saturated heterocycles. The molecular formula is C26H25ClF3N3O4. The summed E-state index contributed by atoms with van der Waals surface area (Å²) in [5.74, 6) is -0.387. The molecule has 0 aliphatic carbocycles. The van der Waals surface area contributed by atoms with Gasteiger partial charge in [0.05, 0.1) is 6.61 Å². The topological polar surface area (TPSA) is 82.6 Å². The van der Waals surface area contributed by atoms with Crippen molar-refractivity contribution < 1.29 is 32.2 Å². The standard InChI is InChI=1S/C26H25ClF3N3O4/c1-16-5-6-19(32-25(34)17-7-8-31-21(12-17)26(28,29)30)15-20(16)18-13-22(27)33-23(14-18)35-10-11-37-24-4-2-3-9-36-24/h5-8,12-15,24H,2-4,9-11H2,1H3,(H,32,34). The van der Waals surface area contributed by atoms with E-state index >= 15 is 0 Å². The molecular weight excluding hydrogens is 511 g/mol. The SMILES string of the molecule is Cc1ccc(NC(=O)c2ccnc(C(F)(F)F)c2)cc1-c1cc(Cl)nc(OCCOC2CCCCO2)c1. The Labute approximate surface area is 216 Å². The highest BCUT2D eigenvalue weighted by Gasteiger charge is 2.33. The Bertz CT molecular complexity index is 1250. The molecule has 1 unspecified atom stereocenters. The van der Waals surface area contributed by atoms with Gasteiger partial charge in [0.2, 0.25) is 5.88 Å². The Morgan fingerprint density at radius 3 is 2.76 bits per heavy atom. The molecule has 1 aliphatic heterocycles. The lowest BCUT2D eigenvalue weighted by Gasteiger charge is -2.22. The highest BCUT2D eigenvalue weighted by Crippen LogP contribution is 2.31. The average Bonchev–Trinajstić information content (AvgIpc) is 2.87. The van der Waals surface area contributed by atoms with E-state index in [1.54, 1.807) is 30.3 Å². The van der Waals surface area contributed by atoms with E-state index in [-0.39, 0.29) is 23.6 Å². The maximum absolute atomic E-state index is 13.0. The third-order valence-electron chi connectivity index (χ3n) is 5.66. The van der Waals surface area contributed by atoms with Crippen molar-refractivity contribution in [1.29, 1.82) is 0 Å². The molecule has 11 heteroatoms. The van der Waals surface area contributed by atoms with Crippen LogP contribution in [0.3, 0.4) is 0 Å². The maximum atomic E-state index is 13.0. The molecule has 196 valence electrons. The molecule has 0 radical (unpaired) electrons. The minimum Gasteiger partial charge on any atom is -0.475 e. The van der Waals surface area contributed by atoms with Crippen LogP contribution in [0.1, 0.15) is 40.9 Å². The molecule has 7 nitrogen and oxygen atoms in total. The highest BCUT2D eigenvalue weighted by atomic mass is 35.5. The van der Waals surface area contributed by atoms with Gasteiger partial charge in [-0.2, -0.15) is 13.2 Å². The zero-order chi connectivity index (χ0) is 26.4. The fourth-order valence-electron chi connectivity index (χ4n) is 3.81. The van der Waals surface area contributed by atoms with Crippen molar-refractivity contribution in [2.24, 2.45) is 0 Å². The van der Waals surface area contributed by atoms with E-state index in [4.69, 9.17) is 25.8 Å². The van der Waals surface area contributed by atoms with Crippen LogP contribution >= 0.6 is 11.6 Å². The smallest absolute Gasteiger partial charge is 0.433 e. The van der Waals surface area contributed by atoms with Gasteiger partial charge >= 0.3 is 6.18 Å². The summed E-state index contributed by atoms with van der Waals surface area (Å²) in [7, 11) is 0. The summed E-state index contributed by atoms with van der Waals surface area (Å²) < 4.78 is 55.8. The van der Waals surface area contributed by atoms with Crippen molar-refractivity contribution in [1.82, 2.24) is 9.97 Å². The van der Waals surface area contributed by atoms with Gasteiger partial charge in [-0.05, 0) is 73.2 Å². The zero-order valence-electron chi connectivity index (χ0n) is 20.0. The average molecular weight is 536 g/mol. The van der Waals surface area contributed by atoms with Crippen LogP contribution in [0, 0.1) is 6.92 Å². The number of benzene rings is 1. The first-order valence-corrected chi connectivity index (χ1v) is 12.1. The van der Waals surface area contributed by atoms with E-state index in [2.05, 4.69) is 15.3 Å². The van der Waals surface area contributed by atoms with Gasteiger partial charge in [-0.3, -0.25) is 9.78 Å². The quantitative estimate of drug-likeness (QED) is 0.269. The minimum absolute atomic E-state index is 0.159. The van der Waals surface area contributed by atoms with Gasteiger partial charge in [0, 0.05) is 30.1 Å². The van der Waals surface area contributed by atoms with Crippen LogP contribution in [0.25, 0.3) is 11.1 Å². The molecule has 3 heterocycles. The molecule has 1 amide bonds. The summed E-state index contributed by atoms with van der Waals surface area (Å²) in [4.78, 5) is 20.1. The van der Waals surface area contributed by atoms with Gasteiger partial charge in [0.25, 0.3) is 5.91 Å². The number of carbonyl (C=O) groups is 1. The molecule has 1 aromatic carbocycles. The van der Waals surface area contributed by atoms with Crippen molar-refractivity contribution in [3.8, 4) is 17.0 Å².